The molecule has 3 aromatic rings. The Morgan fingerprint density at radius 1 is 1.00 bits per heavy atom. The molecule has 0 radical (unpaired) electrons. The Morgan fingerprint density at radius 2 is 1.66 bits per heavy atom. The Hall–Kier alpha value is -3.98. The van der Waals surface area contributed by atoms with E-state index >= 15 is 0 Å². The molecule has 0 saturated heterocycles. The van der Waals surface area contributed by atoms with Crippen LogP contribution >= 0.6 is 0 Å². The lowest BCUT2D eigenvalue weighted by molar-refractivity contribution is -0.117. The molecule has 0 atom stereocenters. The van der Waals surface area contributed by atoms with Crippen LogP contribution in [0.1, 0.15) is 34.8 Å². The zero-order valence-corrected chi connectivity index (χ0v) is 20.3. The number of Topliss-reactive ketones (excluding diaryl/α,β-unsaturated/α-hetero) is 1. The first kappa shape index (κ1) is 25.6. The summed E-state index contributed by atoms with van der Waals surface area (Å²) in [6.07, 6.45) is 0.700. The van der Waals surface area contributed by atoms with Gasteiger partial charge in [0.1, 0.15) is 11.4 Å². The van der Waals surface area contributed by atoms with Gasteiger partial charge in [-0.15, -0.1) is 0 Å². The summed E-state index contributed by atoms with van der Waals surface area (Å²) in [6.45, 7) is 4.21. The van der Waals surface area contributed by atoms with E-state index in [0.717, 1.165) is 15.7 Å². The second-order valence-electron chi connectivity index (χ2n) is 8.48. The fourth-order valence-corrected chi connectivity index (χ4v) is 3.88. The third kappa shape index (κ3) is 6.13. The Kier molecular flexibility index (Phi) is 8.38. The molecule has 1 amide bonds. The number of anilines is 2. The number of nitrogen functional groups attached to an aromatic ring is 1. The zero-order valence-electron chi connectivity index (χ0n) is 20.3. The van der Waals surface area contributed by atoms with Gasteiger partial charge in [0, 0.05) is 12.7 Å². The summed E-state index contributed by atoms with van der Waals surface area (Å²) >= 11 is 0. The standard InChI is InChI=1S/C26H31N5O4/c1-4-14-30(17-22(33)28-20-13-9-8-10-18(20)2)16-21(32)23-24(27)31(26(35)29(3)25(23)34)15-19-11-6-5-7-12-19/h5-13H,4,14-17,27H2,1-3H3,(H,28,33). The molecule has 0 saturated carbocycles. The summed E-state index contributed by atoms with van der Waals surface area (Å²) in [7, 11) is 1.32. The normalized spacial score (nSPS) is 11.0. The van der Waals surface area contributed by atoms with Crippen LogP contribution in [-0.2, 0) is 18.4 Å². The summed E-state index contributed by atoms with van der Waals surface area (Å²) < 4.78 is 2.11. The van der Waals surface area contributed by atoms with Gasteiger partial charge in [-0.05, 0) is 37.1 Å². The van der Waals surface area contributed by atoms with Gasteiger partial charge in [-0.2, -0.15) is 0 Å². The summed E-state index contributed by atoms with van der Waals surface area (Å²) in [4.78, 5) is 53.2. The highest BCUT2D eigenvalue weighted by atomic mass is 16.2. The zero-order chi connectivity index (χ0) is 25.5. The highest BCUT2D eigenvalue weighted by Crippen LogP contribution is 2.14. The van der Waals surface area contributed by atoms with Gasteiger partial charge in [-0.1, -0.05) is 55.5 Å². The van der Waals surface area contributed by atoms with Crippen LogP contribution in [0.5, 0.6) is 0 Å². The smallest absolute Gasteiger partial charge is 0.332 e. The highest BCUT2D eigenvalue weighted by Gasteiger charge is 2.24. The van der Waals surface area contributed by atoms with Gasteiger partial charge in [0.15, 0.2) is 5.78 Å². The molecule has 35 heavy (non-hydrogen) atoms. The number of ketones is 1. The minimum absolute atomic E-state index is 0.0300. The summed E-state index contributed by atoms with van der Waals surface area (Å²) in [6, 6.07) is 16.6. The van der Waals surface area contributed by atoms with Gasteiger partial charge in [0.25, 0.3) is 5.56 Å². The first-order valence-corrected chi connectivity index (χ1v) is 11.5. The summed E-state index contributed by atoms with van der Waals surface area (Å²) in [5, 5.41) is 2.86. The minimum atomic E-state index is -0.748. The number of nitrogens with two attached hydrogens (primary N) is 1. The van der Waals surface area contributed by atoms with Crippen molar-refractivity contribution in [2.24, 2.45) is 7.05 Å². The second kappa shape index (κ2) is 11.4. The van der Waals surface area contributed by atoms with E-state index in [1.165, 1.54) is 11.6 Å². The second-order valence-corrected chi connectivity index (χ2v) is 8.48. The van der Waals surface area contributed by atoms with Crippen LogP contribution in [0, 0.1) is 6.92 Å². The molecule has 0 aliphatic rings. The predicted molar refractivity (Wildman–Crippen MR) is 137 cm³/mol. The number of aromatic nitrogens is 2. The Morgan fingerprint density at radius 3 is 2.31 bits per heavy atom. The van der Waals surface area contributed by atoms with Crippen LogP contribution in [0.15, 0.2) is 64.2 Å². The van der Waals surface area contributed by atoms with Crippen molar-refractivity contribution in [3.05, 3.63) is 92.1 Å². The average Bonchev–Trinajstić information content (AvgIpc) is 2.83. The molecule has 3 rings (SSSR count). The van der Waals surface area contributed by atoms with Crippen LogP contribution in [-0.4, -0.2) is 45.4 Å². The summed E-state index contributed by atoms with van der Waals surface area (Å²) in [5.41, 5.74) is 7.04. The molecule has 0 unspecified atom stereocenters. The van der Waals surface area contributed by atoms with E-state index in [0.29, 0.717) is 18.7 Å². The quantitative estimate of drug-likeness (QED) is 0.431. The van der Waals surface area contributed by atoms with Gasteiger partial charge in [0.2, 0.25) is 5.91 Å². The number of benzene rings is 2. The van der Waals surface area contributed by atoms with Crippen molar-refractivity contribution in [2.45, 2.75) is 26.8 Å². The number of hydrogen-bond donors (Lipinski definition) is 2. The van der Waals surface area contributed by atoms with E-state index in [9.17, 15) is 19.2 Å². The molecule has 0 aliphatic heterocycles. The third-order valence-electron chi connectivity index (χ3n) is 5.74. The maximum absolute atomic E-state index is 13.3. The molecule has 3 N–H and O–H groups in total. The molecular formula is C26H31N5O4. The van der Waals surface area contributed by atoms with Gasteiger partial charge >= 0.3 is 5.69 Å². The molecule has 1 heterocycles. The number of hydrogen-bond acceptors (Lipinski definition) is 6. The molecule has 2 aromatic carbocycles. The predicted octanol–water partition coefficient (Wildman–Crippen LogP) is 2.02. The molecular weight excluding hydrogens is 446 g/mol. The van der Waals surface area contributed by atoms with E-state index < -0.39 is 17.0 Å². The van der Waals surface area contributed by atoms with Gasteiger partial charge in [-0.3, -0.25) is 28.4 Å². The fraction of sp³-hybridized carbons (Fsp3) is 0.308. The van der Waals surface area contributed by atoms with E-state index in [-0.39, 0.29) is 36.9 Å². The summed E-state index contributed by atoms with van der Waals surface area (Å²) in [5.74, 6) is -0.981. The lowest BCUT2D eigenvalue weighted by Crippen LogP contribution is -2.45. The molecule has 0 bridgehead atoms. The Balaban J connectivity index is 1.84. The highest BCUT2D eigenvalue weighted by molar-refractivity contribution is 6.01. The number of amides is 1. The fourth-order valence-electron chi connectivity index (χ4n) is 3.88. The van der Waals surface area contributed by atoms with E-state index in [4.69, 9.17) is 5.73 Å². The molecule has 184 valence electrons. The number of carbonyl (C=O) groups is 2. The first-order valence-electron chi connectivity index (χ1n) is 11.5. The van der Waals surface area contributed by atoms with Crippen LogP contribution in [0.2, 0.25) is 0 Å². The van der Waals surface area contributed by atoms with Gasteiger partial charge < -0.3 is 11.1 Å². The molecule has 9 heteroatoms. The molecule has 1 aromatic heterocycles. The number of nitrogens with one attached hydrogen (secondary N) is 1. The van der Waals surface area contributed by atoms with Crippen molar-refractivity contribution >= 4 is 23.2 Å². The lowest BCUT2D eigenvalue weighted by atomic mass is 10.1. The van der Waals surface area contributed by atoms with Crippen LogP contribution in [0.25, 0.3) is 0 Å². The molecule has 0 fully saturated rings. The van der Waals surface area contributed by atoms with Crippen molar-refractivity contribution in [3.8, 4) is 0 Å². The van der Waals surface area contributed by atoms with E-state index in [1.807, 2.05) is 68.4 Å². The molecule has 9 nitrogen and oxygen atoms in total. The van der Waals surface area contributed by atoms with Crippen LogP contribution < -0.4 is 22.3 Å². The van der Waals surface area contributed by atoms with E-state index in [2.05, 4.69) is 5.32 Å². The lowest BCUT2D eigenvalue weighted by Gasteiger charge is -2.21. The van der Waals surface area contributed by atoms with Crippen molar-refractivity contribution in [1.82, 2.24) is 14.0 Å². The Labute approximate surface area is 203 Å². The van der Waals surface area contributed by atoms with Crippen molar-refractivity contribution in [3.63, 3.8) is 0 Å². The van der Waals surface area contributed by atoms with Crippen LogP contribution in [0.3, 0.4) is 0 Å². The van der Waals surface area contributed by atoms with E-state index in [1.54, 1.807) is 4.90 Å². The van der Waals surface area contributed by atoms with Crippen molar-refractivity contribution in [2.75, 3.05) is 30.7 Å². The number of para-hydroxylation sites is 1. The van der Waals surface area contributed by atoms with Crippen LogP contribution in [0.4, 0.5) is 11.5 Å². The Bertz CT molecular complexity index is 1330. The third-order valence-corrected chi connectivity index (χ3v) is 5.74. The number of aryl methyl sites for hydroxylation is 1. The monoisotopic (exact) mass is 477 g/mol. The minimum Gasteiger partial charge on any atom is -0.384 e. The number of rotatable bonds is 10. The number of nitrogens with zero attached hydrogens (tertiary/aromatic N) is 3. The van der Waals surface area contributed by atoms with Crippen molar-refractivity contribution in [1.29, 1.82) is 0 Å². The largest absolute Gasteiger partial charge is 0.384 e. The SMILES string of the molecule is CCCN(CC(=O)Nc1ccccc1C)CC(=O)c1c(N)n(Cc2ccccc2)c(=O)n(C)c1=O. The average molecular weight is 478 g/mol. The topological polar surface area (TPSA) is 119 Å². The maximum atomic E-state index is 13.3. The number of carbonyl (C=O) groups excluding carboxylic acids is 2. The first-order chi connectivity index (χ1) is 16.7. The maximum Gasteiger partial charge on any atom is 0.332 e. The van der Waals surface area contributed by atoms with Gasteiger partial charge in [0.05, 0.1) is 19.6 Å². The molecule has 0 spiro atoms. The molecule has 0 aliphatic carbocycles. The van der Waals surface area contributed by atoms with Gasteiger partial charge in [-0.25, -0.2) is 4.79 Å². The van der Waals surface area contributed by atoms with Crippen molar-refractivity contribution < 1.29 is 9.59 Å².